The molecule has 0 atom stereocenters. The van der Waals surface area contributed by atoms with E-state index in [-0.39, 0.29) is 11.8 Å². The van der Waals surface area contributed by atoms with Gasteiger partial charge in [0.15, 0.2) is 0 Å². The largest absolute Gasteiger partial charge is 0.355 e. The van der Waals surface area contributed by atoms with Gasteiger partial charge in [-0.15, -0.1) is 0 Å². The van der Waals surface area contributed by atoms with Crippen LogP contribution in [0.1, 0.15) is 18.1 Å². The van der Waals surface area contributed by atoms with Crippen molar-refractivity contribution in [3.05, 3.63) is 35.4 Å². The van der Waals surface area contributed by atoms with Gasteiger partial charge in [-0.2, -0.15) is 0 Å². The van der Waals surface area contributed by atoms with Crippen molar-refractivity contribution in [1.82, 2.24) is 10.6 Å². The van der Waals surface area contributed by atoms with Crippen LogP contribution in [0.5, 0.6) is 0 Å². The second-order valence-corrected chi connectivity index (χ2v) is 4.00. The zero-order chi connectivity index (χ0) is 12.7. The number of aryl methyl sites for hydroxylation is 1. The zero-order valence-electron chi connectivity index (χ0n) is 10.2. The number of hydrogen-bond acceptors (Lipinski definition) is 2. The number of benzene rings is 1. The summed E-state index contributed by atoms with van der Waals surface area (Å²) < 4.78 is 0. The van der Waals surface area contributed by atoms with Gasteiger partial charge in [0.2, 0.25) is 11.8 Å². The van der Waals surface area contributed by atoms with E-state index in [4.69, 9.17) is 0 Å². The monoisotopic (exact) mass is 234 g/mol. The molecule has 0 spiro atoms. The maximum atomic E-state index is 11.5. The van der Waals surface area contributed by atoms with E-state index in [1.165, 1.54) is 6.92 Å². The minimum absolute atomic E-state index is 0.0269. The molecule has 0 aromatic heterocycles. The van der Waals surface area contributed by atoms with Crippen molar-refractivity contribution in [2.75, 3.05) is 13.1 Å². The summed E-state index contributed by atoms with van der Waals surface area (Å²) >= 11 is 0. The van der Waals surface area contributed by atoms with E-state index in [0.717, 1.165) is 11.1 Å². The Labute approximate surface area is 101 Å². The Morgan fingerprint density at radius 1 is 1.18 bits per heavy atom. The molecule has 92 valence electrons. The third-order valence-corrected chi connectivity index (χ3v) is 2.27. The van der Waals surface area contributed by atoms with Crippen LogP contribution in [0, 0.1) is 6.92 Å². The molecule has 1 aromatic carbocycles. The van der Waals surface area contributed by atoms with Crippen LogP contribution in [-0.2, 0) is 16.0 Å². The molecule has 0 aliphatic rings. The average Bonchev–Trinajstić information content (AvgIpc) is 2.24. The maximum absolute atomic E-state index is 11.5. The Balaban J connectivity index is 2.27. The summed E-state index contributed by atoms with van der Waals surface area (Å²) in [6, 6.07) is 7.86. The first-order chi connectivity index (χ1) is 8.08. The molecule has 0 aliphatic carbocycles. The highest BCUT2D eigenvalue weighted by Crippen LogP contribution is 2.04. The second kappa shape index (κ2) is 6.68. The molecule has 0 unspecified atom stereocenters. The Kier molecular flexibility index (Phi) is 5.20. The van der Waals surface area contributed by atoms with E-state index in [0.29, 0.717) is 19.5 Å². The van der Waals surface area contributed by atoms with Crippen molar-refractivity contribution >= 4 is 11.8 Å². The molecule has 0 radical (unpaired) electrons. The summed E-state index contributed by atoms with van der Waals surface area (Å²) in [5, 5.41) is 5.37. The lowest BCUT2D eigenvalue weighted by Gasteiger charge is -2.06. The number of hydrogen-bond donors (Lipinski definition) is 2. The van der Waals surface area contributed by atoms with Crippen LogP contribution < -0.4 is 10.6 Å². The molecule has 2 amide bonds. The maximum Gasteiger partial charge on any atom is 0.224 e. The van der Waals surface area contributed by atoms with Crippen LogP contribution in [0.15, 0.2) is 24.3 Å². The van der Waals surface area contributed by atoms with Crippen molar-refractivity contribution in [2.45, 2.75) is 20.3 Å². The van der Waals surface area contributed by atoms with Crippen LogP contribution in [0.2, 0.25) is 0 Å². The molecule has 1 rings (SSSR count). The first-order valence-corrected chi connectivity index (χ1v) is 5.64. The van der Waals surface area contributed by atoms with Crippen molar-refractivity contribution in [3.8, 4) is 0 Å². The predicted molar refractivity (Wildman–Crippen MR) is 66.6 cm³/mol. The number of nitrogens with one attached hydrogen (secondary N) is 2. The molecule has 0 heterocycles. The van der Waals surface area contributed by atoms with Gasteiger partial charge in [-0.05, 0) is 12.5 Å². The van der Waals surface area contributed by atoms with E-state index in [9.17, 15) is 9.59 Å². The summed E-state index contributed by atoms with van der Waals surface area (Å²) in [5.41, 5.74) is 2.15. The summed E-state index contributed by atoms with van der Waals surface area (Å²) in [6.45, 7) is 4.38. The van der Waals surface area contributed by atoms with Crippen LogP contribution in [-0.4, -0.2) is 24.9 Å². The average molecular weight is 234 g/mol. The summed E-state index contributed by atoms with van der Waals surface area (Å²) in [7, 11) is 0. The Bertz CT molecular complexity index is 402. The van der Waals surface area contributed by atoms with Gasteiger partial charge < -0.3 is 10.6 Å². The Hall–Kier alpha value is -1.84. The molecule has 4 nitrogen and oxygen atoms in total. The number of carbonyl (C=O) groups excluding carboxylic acids is 2. The first kappa shape index (κ1) is 13.2. The van der Waals surface area contributed by atoms with E-state index in [2.05, 4.69) is 10.6 Å². The number of carbonyl (C=O) groups is 2. The van der Waals surface area contributed by atoms with Crippen LogP contribution in [0.25, 0.3) is 0 Å². The minimum Gasteiger partial charge on any atom is -0.355 e. The molecular formula is C13H18N2O2. The first-order valence-electron chi connectivity index (χ1n) is 5.64. The van der Waals surface area contributed by atoms with Crippen LogP contribution >= 0.6 is 0 Å². The smallest absolute Gasteiger partial charge is 0.224 e. The van der Waals surface area contributed by atoms with Crippen LogP contribution in [0.3, 0.4) is 0 Å². The second-order valence-electron chi connectivity index (χ2n) is 4.00. The van der Waals surface area contributed by atoms with Gasteiger partial charge in [0.25, 0.3) is 0 Å². The van der Waals surface area contributed by atoms with E-state index in [1.54, 1.807) is 0 Å². The fourth-order valence-electron chi connectivity index (χ4n) is 1.51. The highest BCUT2D eigenvalue weighted by Gasteiger charge is 2.02. The molecule has 17 heavy (non-hydrogen) atoms. The van der Waals surface area contributed by atoms with E-state index < -0.39 is 0 Å². The van der Waals surface area contributed by atoms with Gasteiger partial charge in [0.05, 0.1) is 6.42 Å². The van der Waals surface area contributed by atoms with Crippen molar-refractivity contribution in [1.29, 1.82) is 0 Å². The molecule has 0 bridgehead atoms. The van der Waals surface area contributed by atoms with Gasteiger partial charge in [-0.25, -0.2) is 0 Å². The van der Waals surface area contributed by atoms with Gasteiger partial charge in [0.1, 0.15) is 0 Å². The molecular weight excluding hydrogens is 216 g/mol. The normalized spacial score (nSPS) is 9.76. The lowest BCUT2D eigenvalue weighted by molar-refractivity contribution is -0.121. The lowest BCUT2D eigenvalue weighted by atomic mass is 10.1. The van der Waals surface area contributed by atoms with E-state index in [1.807, 2.05) is 31.2 Å². The number of amides is 2. The van der Waals surface area contributed by atoms with E-state index >= 15 is 0 Å². The molecule has 0 aliphatic heterocycles. The Morgan fingerprint density at radius 3 is 2.53 bits per heavy atom. The summed E-state index contributed by atoms with van der Waals surface area (Å²) in [5.74, 6) is -0.112. The third-order valence-electron chi connectivity index (χ3n) is 2.27. The van der Waals surface area contributed by atoms with Crippen molar-refractivity contribution in [3.63, 3.8) is 0 Å². The standard InChI is InChI=1S/C13H18N2O2/c1-10-4-3-5-12(8-10)9-13(17)15-7-6-14-11(2)16/h3-5,8H,6-7,9H2,1-2H3,(H,14,16)(H,15,17). The molecule has 2 N–H and O–H groups in total. The minimum atomic E-state index is -0.0852. The van der Waals surface area contributed by atoms with Gasteiger partial charge in [0, 0.05) is 20.0 Å². The SMILES string of the molecule is CC(=O)NCCNC(=O)Cc1cccc(C)c1. The quantitative estimate of drug-likeness (QED) is 0.740. The van der Waals surface area contributed by atoms with Crippen LogP contribution in [0.4, 0.5) is 0 Å². The predicted octanol–water partition coefficient (Wildman–Crippen LogP) is 0.790. The highest BCUT2D eigenvalue weighted by atomic mass is 16.2. The van der Waals surface area contributed by atoms with Gasteiger partial charge in [-0.1, -0.05) is 29.8 Å². The fourth-order valence-corrected chi connectivity index (χ4v) is 1.51. The Morgan fingerprint density at radius 2 is 1.88 bits per heavy atom. The van der Waals surface area contributed by atoms with Crippen molar-refractivity contribution < 1.29 is 9.59 Å². The molecule has 4 heteroatoms. The highest BCUT2D eigenvalue weighted by molar-refractivity contribution is 5.78. The molecule has 1 aromatic rings. The molecule has 0 fully saturated rings. The topological polar surface area (TPSA) is 58.2 Å². The summed E-state index contributed by atoms with van der Waals surface area (Å²) in [6.07, 6.45) is 0.377. The molecule has 0 saturated carbocycles. The van der Waals surface area contributed by atoms with Crippen molar-refractivity contribution in [2.24, 2.45) is 0 Å². The number of rotatable bonds is 5. The van der Waals surface area contributed by atoms with Gasteiger partial charge >= 0.3 is 0 Å². The zero-order valence-corrected chi connectivity index (χ0v) is 10.2. The lowest BCUT2D eigenvalue weighted by Crippen LogP contribution is -2.34. The van der Waals surface area contributed by atoms with Gasteiger partial charge in [-0.3, -0.25) is 9.59 Å². The summed E-state index contributed by atoms with van der Waals surface area (Å²) in [4.78, 5) is 22.1. The fraction of sp³-hybridized carbons (Fsp3) is 0.385. The molecule has 0 saturated heterocycles. The third kappa shape index (κ3) is 5.70.